The number of aryl methyl sites for hydroxylation is 1. The number of hydrogen-bond donors (Lipinski definition) is 0. The van der Waals surface area contributed by atoms with Gasteiger partial charge < -0.3 is 4.74 Å². The Morgan fingerprint density at radius 2 is 2.06 bits per heavy atom. The lowest BCUT2D eigenvalue weighted by Crippen LogP contribution is -2.00. The molecule has 0 heterocycles. The normalized spacial score (nSPS) is 18.3. The van der Waals surface area contributed by atoms with Gasteiger partial charge in [-0.05, 0) is 36.5 Å². The third-order valence-corrected chi connectivity index (χ3v) is 4.70. The molecule has 1 nitrogen and oxygen atoms in total. The number of benzene rings is 1. The van der Waals surface area contributed by atoms with Gasteiger partial charge in [0.25, 0.3) is 0 Å². The minimum absolute atomic E-state index is 0.496. The summed E-state index contributed by atoms with van der Waals surface area (Å²) in [5, 5.41) is 0. The fourth-order valence-electron chi connectivity index (χ4n) is 2.77. The lowest BCUT2D eigenvalue weighted by atomic mass is 9.97. The van der Waals surface area contributed by atoms with E-state index in [2.05, 4.69) is 41.1 Å². The molecule has 0 aliphatic heterocycles. The van der Waals surface area contributed by atoms with Crippen LogP contribution in [-0.2, 0) is 0 Å². The molecule has 17 heavy (non-hydrogen) atoms. The van der Waals surface area contributed by atoms with E-state index in [1.807, 2.05) is 0 Å². The Labute approximate surface area is 113 Å². The average Bonchev–Trinajstić information content (AvgIpc) is 2.81. The first-order valence-electron chi connectivity index (χ1n) is 6.49. The molecule has 1 aromatic rings. The molecule has 0 radical (unpaired) electrons. The molecule has 1 saturated carbocycles. The van der Waals surface area contributed by atoms with E-state index in [1.54, 1.807) is 7.11 Å². The molecule has 0 spiro atoms. The first-order valence-corrected chi connectivity index (χ1v) is 7.41. The third-order valence-electron chi connectivity index (χ3n) is 3.80. The van der Waals surface area contributed by atoms with Crippen LogP contribution < -0.4 is 4.74 Å². The summed E-state index contributed by atoms with van der Waals surface area (Å²) in [6.07, 6.45) is 6.94. The summed E-state index contributed by atoms with van der Waals surface area (Å²) < 4.78 is 5.30. The highest BCUT2D eigenvalue weighted by molar-refractivity contribution is 9.09. The molecule has 2 rings (SSSR count). The number of alkyl halides is 1. The predicted molar refractivity (Wildman–Crippen MR) is 76.0 cm³/mol. The third kappa shape index (κ3) is 3.25. The molecule has 1 atom stereocenters. The highest BCUT2D eigenvalue weighted by atomic mass is 79.9. The summed E-state index contributed by atoms with van der Waals surface area (Å²) in [7, 11) is 1.73. The van der Waals surface area contributed by atoms with Gasteiger partial charge in [-0.25, -0.2) is 0 Å². The fraction of sp³-hybridized carbons (Fsp3) is 0.600. The Morgan fingerprint density at radius 1 is 1.35 bits per heavy atom. The smallest absolute Gasteiger partial charge is 0.121 e. The quantitative estimate of drug-likeness (QED) is 0.709. The van der Waals surface area contributed by atoms with Crippen molar-refractivity contribution in [3.05, 3.63) is 29.3 Å². The largest absolute Gasteiger partial charge is 0.496 e. The van der Waals surface area contributed by atoms with E-state index in [0.717, 1.165) is 11.7 Å². The van der Waals surface area contributed by atoms with Crippen molar-refractivity contribution in [1.82, 2.24) is 0 Å². The van der Waals surface area contributed by atoms with Gasteiger partial charge in [0.05, 0.1) is 7.11 Å². The van der Waals surface area contributed by atoms with Crippen molar-refractivity contribution in [2.24, 2.45) is 5.92 Å². The topological polar surface area (TPSA) is 9.23 Å². The molecule has 94 valence electrons. The molecule has 1 unspecified atom stereocenters. The van der Waals surface area contributed by atoms with Crippen molar-refractivity contribution in [3.63, 3.8) is 0 Å². The first-order chi connectivity index (χ1) is 8.20. The van der Waals surface area contributed by atoms with Crippen LogP contribution in [-0.4, -0.2) is 7.11 Å². The molecule has 0 bridgehead atoms. The van der Waals surface area contributed by atoms with Gasteiger partial charge in [-0.1, -0.05) is 53.7 Å². The highest BCUT2D eigenvalue weighted by Gasteiger charge is 2.19. The summed E-state index contributed by atoms with van der Waals surface area (Å²) in [5.74, 6) is 1.90. The highest BCUT2D eigenvalue weighted by Crippen LogP contribution is 2.38. The maximum absolute atomic E-state index is 5.30. The van der Waals surface area contributed by atoms with Crippen molar-refractivity contribution in [2.75, 3.05) is 7.11 Å². The van der Waals surface area contributed by atoms with Gasteiger partial charge in [0.2, 0.25) is 0 Å². The molecule has 1 aliphatic carbocycles. The van der Waals surface area contributed by atoms with Crippen molar-refractivity contribution < 1.29 is 4.74 Å². The Bertz CT molecular complexity index is 369. The molecular weight excluding hydrogens is 276 g/mol. The van der Waals surface area contributed by atoms with E-state index in [0.29, 0.717) is 4.83 Å². The lowest BCUT2D eigenvalue weighted by molar-refractivity contribution is 0.411. The van der Waals surface area contributed by atoms with Crippen molar-refractivity contribution in [1.29, 1.82) is 0 Å². The second kappa shape index (κ2) is 5.90. The number of rotatable bonds is 4. The van der Waals surface area contributed by atoms with E-state index in [4.69, 9.17) is 4.74 Å². The van der Waals surface area contributed by atoms with Crippen molar-refractivity contribution >= 4 is 15.9 Å². The summed E-state index contributed by atoms with van der Waals surface area (Å²) >= 11 is 3.84. The number of ether oxygens (including phenoxy) is 1. The van der Waals surface area contributed by atoms with Gasteiger partial charge in [-0.3, -0.25) is 0 Å². The van der Waals surface area contributed by atoms with Gasteiger partial charge in [0.1, 0.15) is 5.75 Å². The zero-order valence-electron chi connectivity index (χ0n) is 10.7. The molecule has 0 amide bonds. The minimum atomic E-state index is 0.496. The standard InChI is InChI=1S/C15H21BrO/c1-11-9-13(7-8-15(11)17-2)14(16)10-12-5-3-4-6-12/h7-9,12,14H,3-6,10H2,1-2H3. The molecule has 0 aromatic heterocycles. The van der Waals surface area contributed by atoms with Crippen molar-refractivity contribution in [3.8, 4) is 5.75 Å². The van der Waals surface area contributed by atoms with Crippen LogP contribution in [0.5, 0.6) is 5.75 Å². The zero-order chi connectivity index (χ0) is 12.3. The molecule has 0 saturated heterocycles. The second-order valence-corrected chi connectivity index (χ2v) is 6.19. The Hall–Kier alpha value is -0.500. The van der Waals surface area contributed by atoms with Gasteiger partial charge in [0.15, 0.2) is 0 Å². The van der Waals surface area contributed by atoms with E-state index >= 15 is 0 Å². The number of methoxy groups -OCH3 is 1. The van der Waals surface area contributed by atoms with Crippen LogP contribution in [0.25, 0.3) is 0 Å². The van der Waals surface area contributed by atoms with Gasteiger partial charge in [-0.15, -0.1) is 0 Å². The first kappa shape index (κ1) is 12.9. The maximum Gasteiger partial charge on any atom is 0.121 e. The van der Waals surface area contributed by atoms with Crippen LogP contribution in [0.3, 0.4) is 0 Å². The fourth-order valence-corrected chi connectivity index (χ4v) is 3.58. The predicted octanol–water partition coefficient (Wildman–Crippen LogP) is 5.02. The average molecular weight is 297 g/mol. The molecule has 0 N–H and O–H groups in total. The summed E-state index contributed by atoms with van der Waals surface area (Å²) in [5.41, 5.74) is 2.61. The molecule has 2 heteroatoms. The van der Waals surface area contributed by atoms with Gasteiger partial charge >= 0.3 is 0 Å². The monoisotopic (exact) mass is 296 g/mol. The summed E-state index contributed by atoms with van der Waals surface area (Å²) in [4.78, 5) is 0.496. The molecular formula is C15H21BrO. The van der Waals surface area contributed by atoms with Crippen LogP contribution in [0, 0.1) is 12.8 Å². The Kier molecular flexibility index (Phi) is 4.49. The second-order valence-electron chi connectivity index (χ2n) is 5.08. The Morgan fingerprint density at radius 3 is 2.65 bits per heavy atom. The van der Waals surface area contributed by atoms with Crippen LogP contribution >= 0.6 is 15.9 Å². The van der Waals surface area contributed by atoms with Gasteiger partial charge in [0, 0.05) is 4.83 Å². The van der Waals surface area contributed by atoms with Crippen LogP contribution in [0.4, 0.5) is 0 Å². The van der Waals surface area contributed by atoms with Gasteiger partial charge in [-0.2, -0.15) is 0 Å². The lowest BCUT2D eigenvalue weighted by Gasteiger charge is -2.16. The zero-order valence-corrected chi connectivity index (χ0v) is 12.3. The van der Waals surface area contributed by atoms with E-state index in [9.17, 15) is 0 Å². The van der Waals surface area contributed by atoms with Crippen molar-refractivity contribution in [2.45, 2.75) is 43.9 Å². The van der Waals surface area contributed by atoms with E-state index in [-0.39, 0.29) is 0 Å². The minimum Gasteiger partial charge on any atom is -0.496 e. The van der Waals surface area contributed by atoms with Crippen LogP contribution in [0.2, 0.25) is 0 Å². The van der Waals surface area contributed by atoms with E-state index < -0.39 is 0 Å². The SMILES string of the molecule is COc1ccc(C(Br)CC2CCCC2)cc1C. The Balaban J connectivity index is 2.02. The number of halogens is 1. The van der Waals surface area contributed by atoms with Crippen LogP contribution in [0.15, 0.2) is 18.2 Å². The molecule has 1 aromatic carbocycles. The maximum atomic E-state index is 5.30. The molecule has 1 fully saturated rings. The summed E-state index contributed by atoms with van der Waals surface area (Å²) in [6, 6.07) is 6.50. The molecule has 1 aliphatic rings. The summed E-state index contributed by atoms with van der Waals surface area (Å²) in [6.45, 7) is 2.11. The van der Waals surface area contributed by atoms with E-state index in [1.165, 1.54) is 43.2 Å². The number of hydrogen-bond acceptors (Lipinski definition) is 1. The van der Waals surface area contributed by atoms with Crippen LogP contribution in [0.1, 0.15) is 48.1 Å².